The summed E-state index contributed by atoms with van der Waals surface area (Å²) >= 11 is 0. The fourth-order valence-corrected chi connectivity index (χ4v) is 3.55. The van der Waals surface area contributed by atoms with Crippen LogP contribution in [0.2, 0.25) is 0 Å². The minimum absolute atomic E-state index is 0. The van der Waals surface area contributed by atoms with Gasteiger partial charge in [0.1, 0.15) is 0 Å². The van der Waals surface area contributed by atoms with Crippen molar-refractivity contribution in [1.82, 2.24) is 9.97 Å². The molecule has 2 aromatic heterocycles. The van der Waals surface area contributed by atoms with E-state index < -0.39 is 11.7 Å². The summed E-state index contributed by atoms with van der Waals surface area (Å²) in [7, 11) is 0. The Labute approximate surface area is 222 Å². The van der Waals surface area contributed by atoms with Crippen molar-refractivity contribution in [2.45, 2.75) is 13.1 Å². The van der Waals surface area contributed by atoms with Gasteiger partial charge in [0.05, 0.1) is 0 Å². The number of benzene rings is 3. The number of nitrogens with zero attached hydrogens (tertiary/aromatic N) is 2. The van der Waals surface area contributed by atoms with Crippen LogP contribution in [0.15, 0.2) is 109 Å². The van der Waals surface area contributed by atoms with Crippen LogP contribution in [0.1, 0.15) is 11.1 Å². The molecule has 0 unspecified atom stereocenters. The molecule has 2 heterocycles. The van der Waals surface area contributed by atoms with Gasteiger partial charge in [0, 0.05) is 32.5 Å². The molecule has 0 aliphatic heterocycles. The number of pyridine rings is 2. The largest absolute Gasteiger partial charge is 0.381 e. The molecule has 0 spiro atoms. The van der Waals surface area contributed by atoms with Gasteiger partial charge in [-0.2, -0.15) is 13.2 Å². The summed E-state index contributed by atoms with van der Waals surface area (Å²) in [5.41, 5.74) is 5.36. The molecular weight excluding hydrogens is 638 g/mol. The van der Waals surface area contributed by atoms with E-state index in [1.807, 2.05) is 85.8 Å². The summed E-state index contributed by atoms with van der Waals surface area (Å²) in [6, 6.07) is 34.5. The SMILES string of the molecule is Cc1ccnc(-c2[c-]cc(C(F)(F)F)cc2)c1-c1ccccc1.[Ir].[c-]1ccccc1-c1ccccn1. The summed E-state index contributed by atoms with van der Waals surface area (Å²) in [5, 5.41) is 0. The van der Waals surface area contributed by atoms with Crippen LogP contribution < -0.4 is 0 Å². The Morgan fingerprint density at radius 3 is 2.06 bits per heavy atom. The minimum Gasteiger partial charge on any atom is -0.305 e. The third-order valence-corrected chi connectivity index (χ3v) is 5.27. The van der Waals surface area contributed by atoms with Crippen LogP contribution in [0.3, 0.4) is 0 Å². The first-order valence-corrected chi connectivity index (χ1v) is 10.9. The van der Waals surface area contributed by atoms with Crippen molar-refractivity contribution in [2.24, 2.45) is 0 Å². The number of rotatable bonds is 3. The first-order chi connectivity index (χ1) is 16.9. The van der Waals surface area contributed by atoms with Crippen molar-refractivity contribution in [3.63, 3.8) is 0 Å². The van der Waals surface area contributed by atoms with Gasteiger partial charge in [-0.3, -0.25) is 0 Å². The topological polar surface area (TPSA) is 25.8 Å². The summed E-state index contributed by atoms with van der Waals surface area (Å²) in [5.74, 6) is 0. The fraction of sp³-hybridized carbons (Fsp3) is 0.0667. The van der Waals surface area contributed by atoms with Crippen molar-refractivity contribution < 1.29 is 33.3 Å². The second-order valence-corrected chi connectivity index (χ2v) is 7.70. The average molecular weight is 659 g/mol. The van der Waals surface area contributed by atoms with E-state index in [2.05, 4.69) is 22.1 Å². The molecule has 0 saturated carbocycles. The standard InChI is InChI=1S/C19H13F3N.C11H8N.Ir/c1-13-11-12-23-18(17(13)14-5-3-2-4-6-14)15-7-9-16(10-8-15)19(20,21)22;1-2-6-10(7-3-1)11-8-4-5-9-12-11;/h2-7,9-12H,1H3;1-6,8-9H;/q2*-1;. The number of hydrogen-bond acceptors (Lipinski definition) is 2. The van der Waals surface area contributed by atoms with Crippen molar-refractivity contribution in [3.8, 4) is 33.6 Å². The molecule has 2 nitrogen and oxygen atoms in total. The Morgan fingerprint density at radius 2 is 1.44 bits per heavy atom. The molecule has 0 N–H and O–H groups in total. The summed E-state index contributed by atoms with van der Waals surface area (Å²) < 4.78 is 38.1. The molecule has 0 fully saturated rings. The molecule has 0 bridgehead atoms. The second-order valence-electron chi connectivity index (χ2n) is 7.70. The van der Waals surface area contributed by atoms with Crippen LogP contribution in [0.4, 0.5) is 13.2 Å². The van der Waals surface area contributed by atoms with Crippen LogP contribution in [0.5, 0.6) is 0 Å². The Morgan fingerprint density at radius 1 is 0.694 bits per heavy atom. The molecule has 0 amide bonds. The summed E-state index contributed by atoms with van der Waals surface area (Å²) in [4.78, 5) is 8.58. The van der Waals surface area contributed by atoms with Crippen molar-refractivity contribution in [1.29, 1.82) is 0 Å². The zero-order valence-electron chi connectivity index (χ0n) is 19.3. The van der Waals surface area contributed by atoms with Gasteiger partial charge in [-0.15, -0.1) is 65.7 Å². The molecule has 5 aromatic rings. The van der Waals surface area contributed by atoms with Crippen molar-refractivity contribution in [2.75, 3.05) is 0 Å². The van der Waals surface area contributed by atoms with Crippen LogP contribution in [-0.2, 0) is 26.3 Å². The third kappa shape index (κ3) is 6.75. The predicted molar refractivity (Wildman–Crippen MR) is 132 cm³/mol. The molecule has 36 heavy (non-hydrogen) atoms. The molecule has 5 rings (SSSR count). The molecule has 6 heteroatoms. The predicted octanol–water partition coefficient (Wildman–Crippen LogP) is 8.09. The van der Waals surface area contributed by atoms with Gasteiger partial charge in [-0.05, 0) is 52.7 Å². The van der Waals surface area contributed by atoms with E-state index in [0.29, 0.717) is 11.3 Å². The summed E-state index contributed by atoms with van der Waals surface area (Å²) in [6.07, 6.45) is -0.921. The molecule has 0 atom stereocenters. The molecular formula is C30H21F3IrN2-2. The average Bonchev–Trinajstić information content (AvgIpc) is 2.90. The molecule has 0 aliphatic rings. The second kappa shape index (κ2) is 12.4. The monoisotopic (exact) mass is 659 g/mol. The molecule has 183 valence electrons. The van der Waals surface area contributed by atoms with Crippen molar-refractivity contribution >= 4 is 0 Å². The van der Waals surface area contributed by atoms with E-state index in [1.54, 1.807) is 12.4 Å². The minimum atomic E-state index is -4.36. The first-order valence-electron chi connectivity index (χ1n) is 10.9. The zero-order chi connectivity index (χ0) is 24.7. The Hall–Kier alpha value is -3.60. The molecule has 0 saturated heterocycles. The fourth-order valence-electron chi connectivity index (χ4n) is 3.55. The van der Waals surface area contributed by atoms with Gasteiger partial charge in [-0.1, -0.05) is 42.5 Å². The van der Waals surface area contributed by atoms with Crippen LogP contribution in [-0.4, -0.2) is 9.97 Å². The van der Waals surface area contributed by atoms with Gasteiger partial charge in [0.15, 0.2) is 0 Å². The van der Waals surface area contributed by atoms with E-state index in [-0.39, 0.29) is 20.1 Å². The molecule has 0 aliphatic carbocycles. The smallest absolute Gasteiger partial charge is 0.305 e. The van der Waals surface area contributed by atoms with E-state index >= 15 is 0 Å². The number of alkyl halides is 3. The van der Waals surface area contributed by atoms with Gasteiger partial charge in [-0.25, -0.2) is 0 Å². The van der Waals surface area contributed by atoms with Crippen LogP contribution in [0, 0.1) is 19.1 Å². The van der Waals surface area contributed by atoms with Crippen LogP contribution >= 0.6 is 0 Å². The van der Waals surface area contributed by atoms with E-state index in [9.17, 15) is 13.2 Å². The van der Waals surface area contributed by atoms with E-state index in [0.717, 1.165) is 40.1 Å². The maximum absolute atomic E-state index is 12.7. The number of aromatic nitrogens is 2. The van der Waals surface area contributed by atoms with Crippen LogP contribution in [0.25, 0.3) is 33.6 Å². The van der Waals surface area contributed by atoms with E-state index in [4.69, 9.17) is 0 Å². The maximum Gasteiger partial charge on any atom is 0.381 e. The van der Waals surface area contributed by atoms with Gasteiger partial charge < -0.3 is 9.97 Å². The Bertz CT molecular complexity index is 1320. The molecule has 3 aromatic carbocycles. The quantitative estimate of drug-likeness (QED) is 0.183. The Kier molecular flexibility index (Phi) is 9.29. The number of hydrogen-bond donors (Lipinski definition) is 0. The first kappa shape index (κ1) is 27.0. The Balaban J connectivity index is 0.000000234. The maximum atomic E-state index is 12.7. The number of aryl methyl sites for hydroxylation is 1. The summed E-state index contributed by atoms with van der Waals surface area (Å²) in [6.45, 7) is 1.96. The van der Waals surface area contributed by atoms with Gasteiger partial charge in [0.2, 0.25) is 0 Å². The van der Waals surface area contributed by atoms with Gasteiger partial charge >= 0.3 is 6.18 Å². The normalized spacial score (nSPS) is 10.6. The zero-order valence-corrected chi connectivity index (χ0v) is 21.6. The van der Waals surface area contributed by atoms with E-state index in [1.165, 1.54) is 6.07 Å². The van der Waals surface area contributed by atoms with Gasteiger partial charge in [0.25, 0.3) is 0 Å². The third-order valence-electron chi connectivity index (χ3n) is 5.27. The number of halogens is 3. The molecule has 1 radical (unpaired) electrons. The van der Waals surface area contributed by atoms with Crippen molar-refractivity contribution in [3.05, 3.63) is 133 Å².